The third kappa shape index (κ3) is 33.4. The zero-order chi connectivity index (χ0) is 38.3. The first-order valence-electron chi connectivity index (χ1n) is 19.8. The lowest BCUT2D eigenvalue weighted by atomic mass is 10.1. The highest BCUT2D eigenvalue weighted by molar-refractivity contribution is 5.87. The molecule has 2 amide bonds. The first kappa shape index (κ1) is 48.3. The second kappa shape index (κ2) is 37.1. The van der Waals surface area contributed by atoms with Gasteiger partial charge in [-0.2, -0.15) is 0 Å². The number of hydrogen-bond donors (Lipinski definition) is 4. The second-order valence-electron chi connectivity index (χ2n) is 13.0. The van der Waals surface area contributed by atoms with Gasteiger partial charge in [0.15, 0.2) is 0 Å². The number of aliphatic hydroxyl groups is 1. The summed E-state index contributed by atoms with van der Waals surface area (Å²) in [5.74, 6) is -2.44. The fourth-order valence-electron chi connectivity index (χ4n) is 5.11. The minimum absolute atomic E-state index is 0.140. The highest BCUT2D eigenvalue weighted by Gasteiger charge is 2.18. The Labute approximate surface area is 314 Å². The van der Waals surface area contributed by atoms with E-state index in [-0.39, 0.29) is 30.9 Å². The number of ether oxygens (including phenoxy) is 1. The number of carboxylic acid groups (broad SMARTS) is 1. The largest absolute Gasteiger partial charge is 0.480 e. The molecule has 0 aliphatic carbocycles. The Balaban J connectivity index is 4.07. The minimum atomic E-state index is -1.39. The SMILES string of the molecule is CC/C=C\C/C=C\C/C=C\C/C=C\C/C=C\CCCCCCCC(=O)OC(/C=C\CCCC)CCCCCCC(=O)NCC(=O)NC(CO)C(=O)O. The van der Waals surface area contributed by atoms with E-state index in [1.165, 1.54) is 12.8 Å². The van der Waals surface area contributed by atoms with Gasteiger partial charge in [-0.05, 0) is 83.1 Å². The van der Waals surface area contributed by atoms with Crippen molar-refractivity contribution in [2.75, 3.05) is 13.2 Å². The topological polar surface area (TPSA) is 142 Å². The van der Waals surface area contributed by atoms with Crippen LogP contribution in [0.1, 0.15) is 149 Å². The number of carboxylic acids is 1. The van der Waals surface area contributed by atoms with Gasteiger partial charge in [0.2, 0.25) is 11.8 Å². The summed E-state index contributed by atoms with van der Waals surface area (Å²) in [5.41, 5.74) is 0. The lowest BCUT2D eigenvalue weighted by molar-refractivity contribution is -0.147. The van der Waals surface area contributed by atoms with Gasteiger partial charge < -0.3 is 25.6 Å². The van der Waals surface area contributed by atoms with E-state index >= 15 is 0 Å². The first-order chi connectivity index (χ1) is 25.3. The van der Waals surface area contributed by atoms with Crippen molar-refractivity contribution in [3.63, 3.8) is 0 Å². The molecule has 0 aliphatic heterocycles. The smallest absolute Gasteiger partial charge is 0.328 e. The molecule has 4 N–H and O–H groups in total. The molecule has 0 aromatic rings. The van der Waals surface area contributed by atoms with Crippen molar-refractivity contribution in [3.8, 4) is 0 Å². The van der Waals surface area contributed by atoms with Crippen molar-refractivity contribution in [2.24, 2.45) is 0 Å². The summed E-state index contributed by atoms with van der Waals surface area (Å²) < 4.78 is 5.82. The molecule has 0 aromatic heterocycles. The van der Waals surface area contributed by atoms with Gasteiger partial charge in [-0.1, -0.05) is 126 Å². The quantitative estimate of drug-likeness (QED) is 0.0294. The molecule has 0 saturated heterocycles. The maximum atomic E-state index is 12.6. The molecule has 0 aromatic carbocycles. The van der Waals surface area contributed by atoms with Crippen LogP contribution in [0.5, 0.6) is 0 Å². The zero-order valence-corrected chi connectivity index (χ0v) is 32.3. The summed E-state index contributed by atoms with van der Waals surface area (Å²) in [4.78, 5) is 47.2. The number of carbonyl (C=O) groups is 4. The molecule has 0 heterocycles. The van der Waals surface area contributed by atoms with E-state index in [2.05, 4.69) is 91.3 Å². The maximum absolute atomic E-state index is 12.6. The average molecular weight is 727 g/mol. The lowest BCUT2D eigenvalue weighted by Crippen LogP contribution is -2.47. The molecular weight excluding hydrogens is 656 g/mol. The van der Waals surface area contributed by atoms with Gasteiger partial charge in [0.25, 0.3) is 0 Å². The molecule has 0 spiro atoms. The average Bonchev–Trinajstić information content (AvgIpc) is 3.13. The monoisotopic (exact) mass is 727 g/mol. The summed E-state index contributed by atoms with van der Waals surface area (Å²) in [6.07, 6.45) is 45.5. The van der Waals surface area contributed by atoms with Gasteiger partial charge in [-0.3, -0.25) is 14.4 Å². The molecule has 2 atom stereocenters. The summed E-state index contributed by atoms with van der Waals surface area (Å²) in [6, 6.07) is -1.39. The Bertz CT molecular complexity index is 1110. The van der Waals surface area contributed by atoms with E-state index in [1.807, 2.05) is 6.08 Å². The van der Waals surface area contributed by atoms with E-state index in [0.29, 0.717) is 12.8 Å². The Kier molecular flexibility index (Phi) is 34.4. The molecule has 0 bridgehead atoms. The standard InChI is InChI=1S/C43H70N2O7/c1-3-5-7-9-10-11-12-13-14-15-16-17-18-19-20-21-22-23-24-25-31-35-42(49)52-38(32-28-8-6-4-2)33-29-26-27-30-34-40(47)44-36-41(48)45-39(37-46)43(50)51/h5,7,10-11,13-14,16-17,19-20,28,32,38-39,46H,3-4,6,8-9,12,15,18,21-27,29-31,33-37H2,1-2H3,(H,44,47)(H,45,48)(H,50,51)/b7-5-,11-10-,14-13-,17-16-,20-19-,32-28-. The fraction of sp³-hybridized carbons (Fsp3) is 0.628. The third-order valence-electron chi connectivity index (χ3n) is 8.17. The van der Waals surface area contributed by atoms with E-state index in [4.69, 9.17) is 14.9 Å². The molecule has 0 radical (unpaired) electrons. The van der Waals surface area contributed by atoms with Crippen molar-refractivity contribution in [1.29, 1.82) is 0 Å². The van der Waals surface area contributed by atoms with Crippen LogP contribution in [0.2, 0.25) is 0 Å². The number of aliphatic hydroxyl groups excluding tert-OH is 1. The van der Waals surface area contributed by atoms with Crippen LogP contribution in [0.4, 0.5) is 0 Å². The van der Waals surface area contributed by atoms with Gasteiger partial charge in [-0.25, -0.2) is 4.79 Å². The number of amides is 2. The molecule has 9 nitrogen and oxygen atoms in total. The van der Waals surface area contributed by atoms with Crippen molar-refractivity contribution in [2.45, 2.75) is 161 Å². The van der Waals surface area contributed by atoms with Crippen LogP contribution < -0.4 is 10.6 Å². The van der Waals surface area contributed by atoms with E-state index in [1.54, 1.807) is 0 Å². The van der Waals surface area contributed by atoms with Crippen LogP contribution in [0, 0.1) is 0 Å². The summed E-state index contributed by atoms with van der Waals surface area (Å²) in [6.45, 7) is 3.23. The zero-order valence-electron chi connectivity index (χ0n) is 32.3. The predicted octanol–water partition coefficient (Wildman–Crippen LogP) is 9.15. The van der Waals surface area contributed by atoms with Crippen molar-refractivity contribution in [3.05, 3.63) is 72.9 Å². The van der Waals surface area contributed by atoms with Gasteiger partial charge in [0, 0.05) is 12.8 Å². The van der Waals surface area contributed by atoms with Crippen molar-refractivity contribution >= 4 is 23.8 Å². The second-order valence-corrected chi connectivity index (χ2v) is 13.0. The lowest BCUT2D eigenvalue weighted by Gasteiger charge is -2.15. The molecular formula is C43H70N2O7. The van der Waals surface area contributed by atoms with Crippen LogP contribution in [0.3, 0.4) is 0 Å². The van der Waals surface area contributed by atoms with Gasteiger partial charge >= 0.3 is 11.9 Å². The first-order valence-corrected chi connectivity index (χ1v) is 19.8. The molecule has 0 aliphatic rings. The number of unbranched alkanes of at least 4 members (excludes halogenated alkanes) is 10. The van der Waals surface area contributed by atoms with Crippen LogP contribution in [-0.2, 0) is 23.9 Å². The Hall–Kier alpha value is -3.72. The molecule has 294 valence electrons. The van der Waals surface area contributed by atoms with Crippen LogP contribution in [0.25, 0.3) is 0 Å². The Morgan fingerprint density at radius 3 is 1.75 bits per heavy atom. The summed E-state index contributed by atoms with van der Waals surface area (Å²) >= 11 is 0. The normalized spacial score (nSPS) is 13.3. The summed E-state index contributed by atoms with van der Waals surface area (Å²) in [7, 11) is 0. The number of rotatable bonds is 34. The van der Waals surface area contributed by atoms with E-state index in [0.717, 1.165) is 103 Å². The molecule has 9 heteroatoms. The summed E-state index contributed by atoms with van der Waals surface area (Å²) in [5, 5.41) is 22.4. The third-order valence-corrected chi connectivity index (χ3v) is 8.17. The minimum Gasteiger partial charge on any atom is -0.480 e. The fourth-order valence-corrected chi connectivity index (χ4v) is 5.11. The number of hydrogen-bond acceptors (Lipinski definition) is 6. The molecule has 2 unspecified atom stereocenters. The Morgan fingerprint density at radius 2 is 1.15 bits per heavy atom. The van der Waals surface area contributed by atoms with E-state index in [9.17, 15) is 19.2 Å². The van der Waals surface area contributed by atoms with Crippen LogP contribution in [-0.4, -0.2) is 59.3 Å². The highest BCUT2D eigenvalue weighted by atomic mass is 16.5. The number of carbonyl (C=O) groups excluding carboxylic acids is 3. The maximum Gasteiger partial charge on any atom is 0.328 e. The number of nitrogens with one attached hydrogen (secondary N) is 2. The highest BCUT2D eigenvalue weighted by Crippen LogP contribution is 2.14. The van der Waals surface area contributed by atoms with E-state index < -0.39 is 24.5 Å². The Morgan fingerprint density at radius 1 is 0.615 bits per heavy atom. The molecule has 52 heavy (non-hydrogen) atoms. The van der Waals surface area contributed by atoms with Gasteiger partial charge in [0.1, 0.15) is 12.1 Å². The predicted molar refractivity (Wildman–Crippen MR) is 213 cm³/mol. The number of allylic oxidation sites excluding steroid dienone is 11. The van der Waals surface area contributed by atoms with Crippen LogP contribution in [0.15, 0.2) is 72.9 Å². The van der Waals surface area contributed by atoms with Crippen molar-refractivity contribution < 1.29 is 34.1 Å². The number of aliphatic carboxylic acids is 1. The van der Waals surface area contributed by atoms with Gasteiger partial charge in [0.05, 0.1) is 13.2 Å². The van der Waals surface area contributed by atoms with Gasteiger partial charge in [-0.15, -0.1) is 0 Å². The number of esters is 1. The van der Waals surface area contributed by atoms with Crippen LogP contribution >= 0.6 is 0 Å². The molecule has 0 fully saturated rings. The molecule has 0 saturated carbocycles. The van der Waals surface area contributed by atoms with Crippen molar-refractivity contribution in [1.82, 2.24) is 10.6 Å². The molecule has 0 rings (SSSR count).